The van der Waals surface area contributed by atoms with E-state index in [1.54, 1.807) is 0 Å². The van der Waals surface area contributed by atoms with Gasteiger partial charge in [0.25, 0.3) is 0 Å². The van der Waals surface area contributed by atoms with Crippen LogP contribution in [0.2, 0.25) is 0 Å². The van der Waals surface area contributed by atoms with E-state index in [4.69, 9.17) is 5.73 Å². The average Bonchev–Trinajstić information content (AvgIpc) is 2.75. The van der Waals surface area contributed by atoms with Crippen molar-refractivity contribution < 1.29 is 0 Å². The van der Waals surface area contributed by atoms with Crippen molar-refractivity contribution in [1.29, 1.82) is 0 Å². The Morgan fingerprint density at radius 2 is 2.40 bits per heavy atom. The molecule has 1 aromatic rings. The smallest absolute Gasteiger partial charge is 0.0527 e. The molecule has 1 aliphatic rings. The zero-order valence-corrected chi connectivity index (χ0v) is 9.56. The number of rotatable bonds is 3. The molecule has 4 nitrogen and oxygen atoms in total. The predicted molar refractivity (Wildman–Crippen MR) is 60.5 cm³/mol. The van der Waals surface area contributed by atoms with Crippen molar-refractivity contribution in [2.45, 2.75) is 38.9 Å². The number of likely N-dealkylation sites (tertiary alicyclic amines) is 1. The van der Waals surface area contributed by atoms with Crippen LogP contribution in [-0.2, 0) is 6.54 Å². The molecule has 1 saturated heterocycles. The first-order valence-electron chi connectivity index (χ1n) is 5.67. The van der Waals surface area contributed by atoms with Crippen LogP contribution in [0.4, 0.5) is 0 Å². The van der Waals surface area contributed by atoms with Crippen molar-refractivity contribution in [3.8, 4) is 0 Å². The molecule has 2 N–H and O–H groups in total. The van der Waals surface area contributed by atoms with Crippen molar-refractivity contribution in [2.75, 3.05) is 13.1 Å². The Kier molecular flexibility index (Phi) is 3.07. The van der Waals surface area contributed by atoms with Crippen LogP contribution < -0.4 is 5.73 Å². The fourth-order valence-corrected chi connectivity index (χ4v) is 2.17. The normalized spacial score (nSPS) is 22.8. The van der Waals surface area contributed by atoms with Crippen molar-refractivity contribution in [2.24, 2.45) is 5.73 Å². The summed E-state index contributed by atoms with van der Waals surface area (Å²) < 4.78 is 2.09. The van der Waals surface area contributed by atoms with Gasteiger partial charge in [0.2, 0.25) is 0 Å². The lowest BCUT2D eigenvalue weighted by molar-refractivity contribution is 0.310. The summed E-state index contributed by atoms with van der Waals surface area (Å²) in [5, 5.41) is 4.34. The monoisotopic (exact) mass is 208 g/mol. The number of nitrogens with two attached hydrogens (primary N) is 1. The van der Waals surface area contributed by atoms with Crippen molar-refractivity contribution >= 4 is 0 Å². The first kappa shape index (κ1) is 10.6. The van der Waals surface area contributed by atoms with Crippen LogP contribution in [0.3, 0.4) is 0 Å². The molecule has 1 aromatic heterocycles. The molecule has 0 radical (unpaired) electrons. The number of hydrogen-bond acceptors (Lipinski definition) is 3. The van der Waals surface area contributed by atoms with Crippen LogP contribution >= 0.6 is 0 Å². The van der Waals surface area contributed by atoms with Gasteiger partial charge in [0.15, 0.2) is 0 Å². The maximum absolute atomic E-state index is 5.89. The second-order valence-electron chi connectivity index (χ2n) is 4.64. The lowest BCUT2D eigenvalue weighted by Gasteiger charge is -2.17. The summed E-state index contributed by atoms with van der Waals surface area (Å²) >= 11 is 0. The van der Waals surface area contributed by atoms with Gasteiger partial charge in [-0.1, -0.05) is 0 Å². The van der Waals surface area contributed by atoms with E-state index in [2.05, 4.69) is 34.6 Å². The SMILES string of the molecule is CC(C)n1nccc1CN1CC[C@@H](N)C1. The molecule has 0 aromatic carbocycles. The van der Waals surface area contributed by atoms with E-state index < -0.39 is 0 Å². The van der Waals surface area contributed by atoms with E-state index in [0.29, 0.717) is 12.1 Å². The minimum atomic E-state index is 0.362. The second kappa shape index (κ2) is 4.33. The van der Waals surface area contributed by atoms with Gasteiger partial charge >= 0.3 is 0 Å². The second-order valence-corrected chi connectivity index (χ2v) is 4.64. The molecule has 2 rings (SSSR count). The standard InChI is InChI=1S/C11H20N4/c1-9(2)15-11(3-5-13-15)8-14-6-4-10(12)7-14/h3,5,9-10H,4,6-8,12H2,1-2H3/t10-/m1/s1. The zero-order valence-electron chi connectivity index (χ0n) is 9.56. The average molecular weight is 208 g/mol. The molecule has 0 unspecified atom stereocenters. The largest absolute Gasteiger partial charge is 0.326 e. The topological polar surface area (TPSA) is 47.1 Å². The van der Waals surface area contributed by atoms with Crippen molar-refractivity contribution in [3.05, 3.63) is 18.0 Å². The summed E-state index contributed by atoms with van der Waals surface area (Å²) in [4.78, 5) is 2.40. The first-order valence-corrected chi connectivity index (χ1v) is 5.67. The number of nitrogens with zero attached hydrogens (tertiary/aromatic N) is 3. The van der Waals surface area contributed by atoms with E-state index >= 15 is 0 Å². The van der Waals surface area contributed by atoms with Gasteiger partial charge in [-0.3, -0.25) is 9.58 Å². The fraction of sp³-hybridized carbons (Fsp3) is 0.727. The molecule has 4 heteroatoms. The summed E-state index contributed by atoms with van der Waals surface area (Å²) in [5.41, 5.74) is 7.18. The lowest BCUT2D eigenvalue weighted by atomic mass is 10.3. The van der Waals surface area contributed by atoms with E-state index in [-0.39, 0.29) is 0 Å². The highest BCUT2D eigenvalue weighted by molar-refractivity contribution is 5.02. The number of aromatic nitrogens is 2. The van der Waals surface area contributed by atoms with E-state index in [0.717, 1.165) is 26.1 Å². The minimum Gasteiger partial charge on any atom is -0.326 e. The highest BCUT2D eigenvalue weighted by atomic mass is 15.3. The Labute approximate surface area is 91.1 Å². The predicted octanol–water partition coefficient (Wildman–Crippen LogP) is 0.997. The van der Waals surface area contributed by atoms with E-state index in [9.17, 15) is 0 Å². The third-order valence-electron chi connectivity index (χ3n) is 2.94. The minimum absolute atomic E-state index is 0.362. The van der Waals surface area contributed by atoms with Crippen LogP contribution in [0.25, 0.3) is 0 Å². The highest BCUT2D eigenvalue weighted by Gasteiger charge is 2.20. The van der Waals surface area contributed by atoms with Gasteiger partial charge in [-0.25, -0.2) is 0 Å². The Morgan fingerprint density at radius 3 is 3.00 bits per heavy atom. The Bertz CT molecular complexity index is 318. The summed E-state index contributed by atoms with van der Waals surface area (Å²) in [7, 11) is 0. The zero-order chi connectivity index (χ0) is 10.8. The van der Waals surface area contributed by atoms with Gasteiger partial charge < -0.3 is 5.73 Å². The number of hydrogen-bond donors (Lipinski definition) is 1. The molecule has 0 bridgehead atoms. The van der Waals surface area contributed by atoms with Crippen LogP contribution in [0.1, 0.15) is 32.0 Å². The van der Waals surface area contributed by atoms with E-state index in [1.807, 2.05) is 6.20 Å². The molecule has 0 saturated carbocycles. The summed E-state index contributed by atoms with van der Waals surface area (Å²) in [5.74, 6) is 0. The molecule has 1 atom stereocenters. The molecule has 0 aliphatic carbocycles. The molecule has 2 heterocycles. The van der Waals surface area contributed by atoms with Gasteiger partial charge in [0, 0.05) is 37.9 Å². The Balaban J connectivity index is 2.01. The summed E-state index contributed by atoms with van der Waals surface area (Å²) in [6.07, 6.45) is 3.00. The molecule has 0 amide bonds. The van der Waals surface area contributed by atoms with Gasteiger partial charge in [-0.2, -0.15) is 5.10 Å². The molecule has 15 heavy (non-hydrogen) atoms. The Hall–Kier alpha value is -0.870. The maximum atomic E-state index is 5.89. The Morgan fingerprint density at radius 1 is 1.60 bits per heavy atom. The molecule has 84 valence electrons. The summed E-state index contributed by atoms with van der Waals surface area (Å²) in [6.45, 7) is 7.43. The summed E-state index contributed by atoms with van der Waals surface area (Å²) in [6, 6.07) is 2.90. The highest BCUT2D eigenvalue weighted by Crippen LogP contribution is 2.14. The third kappa shape index (κ3) is 2.38. The maximum Gasteiger partial charge on any atom is 0.0527 e. The first-order chi connectivity index (χ1) is 7.16. The van der Waals surface area contributed by atoms with E-state index in [1.165, 1.54) is 5.69 Å². The van der Waals surface area contributed by atoms with Gasteiger partial charge in [-0.15, -0.1) is 0 Å². The quantitative estimate of drug-likeness (QED) is 0.806. The van der Waals surface area contributed by atoms with Crippen LogP contribution in [-0.4, -0.2) is 33.8 Å². The molecular weight excluding hydrogens is 188 g/mol. The lowest BCUT2D eigenvalue weighted by Crippen LogP contribution is -2.27. The van der Waals surface area contributed by atoms with Gasteiger partial charge in [0.1, 0.15) is 0 Å². The molecule has 1 fully saturated rings. The van der Waals surface area contributed by atoms with Gasteiger partial charge in [-0.05, 0) is 26.3 Å². The molecular formula is C11H20N4. The molecule has 1 aliphatic heterocycles. The fourth-order valence-electron chi connectivity index (χ4n) is 2.17. The van der Waals surface area contributed by atoms with Crippen molar-refractivity contribution in [1.82, 2.24) is 14.7 Å². The molecule has 0 spiro atoms. The van der Waals surface area contributed by atoms with Gasteiger partial charge in [0.05, 0.1) is 5.69 Å². The van der Waals surface area contributed by atoms with Crippen LogP contribution in [0, 0.1) is 0 Å². The van der Waals surface area contributed by atoms with Crippen LogP contribution in [0.5, 0.6) is 0 Å². The third-order valence-corrected chi connectivity index (χ3v) is 2.94. The van der Waals surface area contributed by atoms with Crippen LogP contribution in [0.15, 0.2) is 12.3 Å². The van der Waals surface area contributed by atoms with Crippen molar-refractivity contribution in [3.63, 3.8) is 0 Å².